The van der Waals surface area contributed by atoms with Gasteiger partial charge in [0.05, 0.1) is 6.10 Å². The average molecular weight is 573 g/mol. The Kier molecular flexibility index (Phi) is 8.40. The molecular formula is C34H52O7. The zero-order chi connectivity index (χ0) is 30.7. The van der Waals surface area contributed by atoms with Gasteiger partial charge < -0.3 is 19.7 Å². The Morgan fingerprint density at radius 2 is 1.59 bits per heavy atom. The number of aliphatic hydroxyl groups excluding tert-OH is 1. The van der Waals surface area contributed by atoms with Crippen LogP contribution in [-0.4, -0.2) is 46.4 Å². The fraction of sp³-hybridized carbons (Fsp3) is 0.794. The summed E-state index contributed by atoms with van der Waals surface area (Å²) < 4.78 is 11.9. The molecule has 9 atom stereocenters. The minimum absolute atomic E-state index is 0.136. The SMILES string of the molecule is CC(=O)O[C@H]1CC[C@]2(C)C3=C([C@H](O)C[C@H]2C1(C)C)[C@]1(C)[C@@H](OC(C)=O)C[C@H]([C@H](C)CC/C=C(\C)C(=O)O)[C@@]1(C)CC3. The number of carbonyl (C=O) groups is 3. The van der Waals surface area contributed by atoms with Gasteiger partial charge in [-0.2, -0.15) is 0 Å². The molecular weight excluding hydrogens is 520 g/mol. The minimum atomic E-state index is -0.886. The second kappa shape index (κ2) is 10.8. The molecule has 0 radical (unpaired) electrons. The Morgan fingerprint density at radius 1 is 0.976 bits per heavy atom. The molecule has 2 fully saturated rings. The van der Waals surface area contributed by atoms with Crippen LogP contribution in [0.15, 0.2) is 22.8 Å². The van der Waals surface area contributed by atoms with Crippen molar-refractivity contribution in [1.29, 1.82) is 0 Å². The third-order valence-electron chi connectivity index (χ3n) is 12.5. The molecule has 7 heteroatoms. The maximum atomic E-state index is 12.4. The highest BCUT2D eigenvalue weighted by Crippen LogP contribution is 2.73. The van der Waals surface area contributed by atoms with E-state index in [1.807, 2.05) is 0 Å². The summed E-state index contributed by atoms with van der Waals surface area (Å²) in [5.74, 6) is -0.726. The predicted molar refractivity (Wildman–Crippen MR) is 157 cm³/mol. The molecule has 0 aromatic rings. The van der Waals surface area contributed by atoms with Crippen molar-refractivity contribution in [3.8, 4) is 0 Å². The molecule has 0 unspecified atom stereocenters. The number of ether oxygens (including phenoxy) is 2. The van der Waals surface area contributed by atoms with Gasteiger partial charge >= 0.3 is 17.9 Å². The maximum Gasteiger partial charge on any atom is 0.330 e. The van der Waals surface area contributed by atoms with Gasteiger partial charge in [0.1, 0.15) is 12.2 Å². The number of allylic oxidation sites excluding steroid dienone is 2. The van der Waals surface area contributed by atoms with Gasteiger partial charge in [0.2, 0.25) is 0 Å². The number of aliphatic carboxylic acids is 1. The topological polar surface area (TPSA) is 110 Å². The van der Waals surface area contributed by atoms with Crippen molar-refractivity contribution in [2.75, 3.05) is 0 Å². The summed E-state index contributed by atoms with van der Waals surface area (Å²) in [5.41, 5.74) is 1.67. The van der Waals surface area contributed by atoms with Crippen molar-refractivity contribution < 1.29 is 34.1 Å². The number of rotatable bonds is 7. The minimum Gasteiger partial charge on any atom is -0.478 e. The fourth-order valence-electron chi connectivity index (χ4n) is 10.2. The van der Waals surface area contributed by atoms with Crippen molar-refractivity contribution in [2.45, 2.75) is 132 Å². The van der Waals surface area contributed by atoms with Crippen LogP contribution in [0.2, 0.25) is 0 Å². The first-order chi connectivity index (χ1) is 18.9. The van der Waals surface area contributed by atoms with E-state index in [2.05, 4.69) is 41.5 Å². The molecule has 4 rings (SSSR count). The average Bonchev–Trinajstić information content (AvgIpc) is 3.08. The lowest BCUT2D eigenvalue weighted by atomic mass is 9.42. The van der Waals surface area contributed by atoms with Crippen molar-refractivity contribution in [1.82, 2.24) is 0 Å². The number of aliphatic hydroxyl groups is 1. The van der Waals surface area contributed by atoms with Crippen LogP contribution in [0, 0.1) is 39.4 Å². The van der Waals surface area contributed by atoms with Gasteiger partial charge in [-0.05, 0) is 92.4 Å². The summed E-state index contributed by atoms with van der Waals surface area (Å²) in [6.07, 6.45) is 7.04. The molecule has 7 nitrogen and oxygen atoms in total. The number of fused-ring (bicyclic) bond motifs is 4. The van der Waals surface area contributed by atoms with Crippen molar-refractivity contribution in [3.63, 3.8) is 0 Å². The lowest BCUT2D eigenvalue weighted by molar-refractivity contribution is -0.171. The highest BCUT2D eigenvalue weighted by molar-refractivity contribution is 5.85. The van der Waals surface area contributed by atoms with Crippen LogP contribution in [0.25, 0.3) is 0 Å². The molecule has 4 aliphatic carbocycles. The van der Waals surface area contributed by atoms with E-state index in [-0.39, 0.29) is 52.2 Å². The maximum absolute atomic E-state index is 12.4. The summed E-state index contributed by atoms with van der Waals surface area (Å²) in [5, 5.41) is 21.3. The summed E-state index contributed by atoms with van der Waals surface area (Å²) in [6.45, 7) is 18.1. The number of hydrogen-bond acceptors (Lipinski definition) is 6. The van der Waals surface area contributed by atoms with Crippen molar-refractivity contribution in [3.05, 3.63) is 22.8 Å². The molecule has 0 aromatic carbocycles. The standard InChI is InChI=1S/C34H52O7/c1-19(11-10-12-20(2)30(38)39)24-17-28(41-22(4)36)34(9)29-23(13-16-33(24,34)8)32(7)15-14-27(40-21(3)35)31(5,6)26(32)18-25(29)37/h12,19,24-28,37H,10-11,13-18H2,1-9H3,(H,38,39)/b20-12+/t19-,24-,25-,26+,27+,28+,32-,33-,34+/m1/s1. The number of esters is 2. The second-order valence-electron chi connectivity index (χ2n) is 14.9. The first kappa shape index (κ1) is 31.8. The van der Waals surface area contributed by atoms with Crippen LogP contribution in [0.3, 0.4) is 0 Å². The van der Waals surface area contributed by atoms with E-state index in [1.54, 1.807) is 13.0 Å². The Balaban J connectivity index is 1.75. The molecule has 0 heterocycles. The smallest absolute Gasteiger partial charge is 0.330 e. The lowest BCUT2D eigenvalue weighted by Gasteiger charge is -2.63. The molecule has 0 saturated heterocycles. The summed E-state index contributed by atoms with van der Waals surface area (Å²) in [7, 11) is 0. The van der Waals surface area contributed by atoms with E-state index in [9.17, 15) is 24.6 Å². The lowest BCUT2D eigenvalue weighted by Crippen LogP contribution is -2.59. The molecule has 0 aromatic heterocycles. The predicted octanol–water partition coefficient (Wildman–Crippen LogP) is 6.63. The van der Waals surface area contributed by atoms with E-state index < -0.39 is 17.5 Å². The zero-order valence-electron chi connectivity index (χ0n) is 26.6. The summed E-state index contributed by atoms with van der Waals surface area (Å²) >= 11 is 0. The Morgan fingerprint density at radius 3 is 2.17 bits per heavy atom. The molecule has 4 aliphatic rings. The van der Waals surface area contributed by atoms with E-state index in [0.29, 0.717) is 24.3 Å². The van der Waals surface area contributed by atoms with Gasteiger partial charge in [-0.3, -0.25) is 9.59 Å². The van der Waals surface area contributed by atoms with E-state index in [0.717, 1.165) is 44.1 Å². The molecule has 41 heavy (non-hydrogen) atoms. The van der Waals surface area contributed by atoms with Crippen LogP contribution in [-0.2, 0) is 23.9 Å². The Bertz CT molecular complexity index is 1150. The second-order valence-corrected chi connectivity index (χ2v) is 14.9. The molecule has 230 valence electrons. The first-order valence-corrected chi connectivity index (χ1v) is 15.6. The third-order valence-corrected chi connectivity index (χ3v) is 12.5. The van der Waals surface area contributed by atoms with E-state index in [1.165, 1.54) is 19.4 Å². The normalized spacial score (nSPS) is 40.6. The quantitative estimate of drug-likeness (QED) is 0.200. The highest BCUT2D eigenvalue weighted by Gasteiger charge is 2.69. The van der Waals surface area contributed by atoms with Crippen LogP contribution in [0.1, 0.15) is 114 Å². The van der Waals surface area contributed by atoms with Gasteiger partial charge in [-0.15, -0.1) is 0 Å². The Hall–Kier alpha value is -2.15. The van der Waals surface area contributed by atoms with E-state index >= 15 is 0 Å². The van der Waals surface area contributed by atoms with E-state index in [4.69, 9.17) is 9.47 Å². The monoisotopic (exact) mass is 572 g/mol. The molecule has 0 bridgehead atoms. The molecule has 2 saturated carbocycles. The van der Waals surface area contributed by atoms with Crippen LogP contribution in [0.5, 0.6) is 0 Å². The largest absolute Gasteiger partial charge is 0.478 e. The molecule has 0 spiro atoms. The molecule has 0 amide bonds. The number of carboxylic acids is 1. The van der Waals surface area contributed by atoms with Crippen LogP contribution >= 0.6 is 0 Å². The first-order valence-electron chi connectivity index (χ1n) is 15.6. The Labute approximate surface area is 246 Å². The number of carboxylic acid groups (broad SMARTS) is 1. The zero-order valence-corrected chi connectivity index (χ0v) is 26.6. The van der Waals surface area contributed by atoms with Crippen molar-refractivity contribution in [2.24, 2.45) is 39.4 Å². The number of hydrogen-bond donors (Lipinski definition) is 2. The summed E-state index contributed by atoms with van der Waals surface area (Å²) in [4.78, 5) is 35.7. The van der Waals surface area contributed by atoms with Gasteiger partial charge in [-0.1, -0.05) is 53.2 Å². The van der Waals surface area contributed by atoms with Gasteiger partial charge in [0.15, 0.2) is 0 Å². The van der Waals surface area contributed by atoms with Gasteiger partial charge in [0, 0.05) is 30.3 Å². The van der Waals surface area contributed by atoms with Gasteiger partial charge in [-0.25, -0.2) is 4.79 Å². The third kappa shape index (κ3) is 4.98. The summed E-state index contributed by atoms with van der Waals surface area (Å²) in [6, 6.07) is 0. The molecule has 0 aliphatic heterocycles. The fourth-order valence-corrected chi connectivity index (χ4v) is 10.2. The van der Waals surface area contributed by atoms with Gasteiger partial charge in [0.25, 0.3) is 0 Å². The molecule has 2 N–H and O–H groups in total. The van der Waals surface area contributed by atoms with Crippen molar-refractivity contribution >= 4 is 17.9 Å². The number of carbonyl (C=O) groups excluding carboxylic acids is 2. The highest BCUT2D eigenvalue weighted by atomic mass is 16.5. The van der Waals surface area contributed by atoms with Crippen LogP contribution < -0.4 is 0 Å². The van der Waals surface area contributed by atoms with Crippen LogP contribution in [0.4, 0.5) is 0 Å².